The molecule has 1 N–H and O–H groups in total. The molecule has 1 saturated heterocycles. The molecule has 1 aromatic carbocycles. The largest absolute Gasteiger partial charge is 0.466 e. The Hall–Kier alpha value is -1.95. The van der Waals surface area contributed by atoms with Crippen LogP contribution in [0, 0.1) is 29.5 Å². The van der Waals surface area contributed by atoms with Crippen molar-refractivity contribution in [3.05, 3.63) is 29.6 Å². The number of nitrogens with one attached hydrogen (secondary N) is 1. The number of carbonyl (C=O) groups is 2. The molecule has 0 saturated carbocycles. The summed E-state index contributed by atoms with van der Waals surface area (Å²) >= 11 is 0. The highest BCUT2D eigenvalue weighted by Gasteiger charge is 2.65. The molecule has 1 amide bonds. The molecule has 2 aliphatic rings. The third-order valence-electron chi connectivity index (χ3n) is 6.05. The van der Waals surface area contributed by atoms with Crippen molar-refractivity contribution in [3.8, 4) is 0 Å². The van der Waals surface area contributed by atoms with Crippen molar-refractivity contribution in [2.45, 2.75) is 52.6 Å². The number of esters is 1. The van der Waals surface area contributed by atoms with Gasteiger partial charge in [-0.05, 0) is 54.9 Å². The lowest BCUT2D eigenvalue weighted by molar-refractivity contribution is -0.179. The number of hydrogen-bond acceptors (Lipinski definition) is 4. The van der Waals surface area contributed by atoms with Crippen LogP contribution in [0.15, 0.2) is 18.2 Å². The van der Waals surface area contributed by atoms with Crippen molar-refractivity contribution in [1.82, 2.24) is 0 Å². The first-order valence-corrected chi connectivity index (χ1v) is 10.1. The normalized spacial score (nSPS) is 29.3. The highest BCUT2D eigenvalue weighted by atomic mass is 19.1. The first-order chi connectivity index (χ1) is 13.2. The summed E-state index contributed by atoms with van der Waals surface area (Å²) in [7, 11) is 0. The Labute approximate surface area is 166 Å². The van der Waals surface area contributed by atoms with Crippen LogP contribution in [0.4, 0.5) is 10.1 Å². The second-order valence-electron chi connectivity index (χ2n) is 8.60. The zero-order valence-electron chi connectivity index (χ0n) is 17.3. The fraction of sp³-hybridized carbons (Fsp3) is 0.636. The molecule has 0 radical (unpaired) electrons. The second-order valence-corrected chi connectivity index (χ2v) is 8.60. The number of rotatable bonds is 5. The second kappa shape index (κ2) is 7.82. The molecule has 0 unspecified atom stereocenters. The lowest BCUT2D eigenvalue weighted by Crippen LogP contribution is -2.62. The molecule has 6 heteroatoms. The number of ether oxygens (including phenoxy) is 2. The van der Waals surface area contributed by atoms with Crippen LogP contribution in [0.2, 0.25) is 0 Å². The molecule has 0 aliphatic carbocycles. The maximum absolute atomic E-state index is 14.3. The van der Waals surface area contributed by atoms with Gasteiger partial charge in [-0.1, -0.05) is 27.7 Å². The van der Waals surface area contributed by atoms with Gasteiger partial charge in [0.15, 0.2) is 0 Å². The summed E-state index contributed by atoms with van der Waals surface area (Å²) < 4.78 is 25.9. The number of halogens is 1. The Bertz CT molecular complexity index is 763. The zero-order chi connectivity index (χ0) is 20.6. The summed E-state index contributed by atoms with van der Waals surface area (Å²) in [5.74, 6) is -1.75. The Kier molecular flexibility index (Phi) is 5.80. The van der Waals surface area contributed by atoms with E-state index in [2.05, 4.69) is 5.32 Å². The Morgan fingerprint density at radius 3 is 2.68 bits per heavy atom. The number of amides is 1. The van der Waals surface area contributed by atoms with Gasteiger partial charge < -0.3 is 14.8 Å². The van der Waals surface area contributed by atoms with Gasteiger partial charge in [-0.2, -0.15) is 0 Å². The average molecular weight is 391 g/mol. The number of carbonyl (C=O) groups excluding carboxylic acids is 2. The monoisotopic (exact) mass is 391 g/mol. The van der Waals surface area contributed by atoms with E-state index >= 15 is 0 Å². The standard InChI is InChI=1S/C22H30FNO4/c1-6-27-20(25)19-15(13(4)5)11-28-18(9-12(2)3)22(19)16-10-14(23)7-8-17(16)24-21(22)26/h7-8,10,12-13,15,18-19H,6,9,11H2,1-5H3,(H,24,26)/t15-,18-,19+,22+/m0/s1. The number of benzene rings is 1. The van der Waals surface area contributed by atoms with E-state index in [1.54, 1.807) is 13.0 Å². The Morgan fingerprint density at radius 1 is 1.36 bits per heavy atom. The van der Waals surface area contributed by atoms with Crippen LogP contribution in [-0.2, 0) is 24.5 Å². The van der Waals surface area contributed by atoms with E-state index in [1.807, 2.05) is 27.7 Å². The molecule has 4 atom stereocenters. The van der Waals surface area contributed by atoms with E-state index in [0.29, 0.717) is 24.3 Å². The van der Waals surface area contributed by atoms with Gasteiger partial charge in [0.05, 0.1) is 25.2 Å². The van der Waals surface area contributed by atoms with Gasteiger partial charge in [-0.25, -0.2) is 4.39 Å². The molecular weight excluding hydrogens is 361 g/mol. The fourth-order valence-electron chi connectivity index (χ4n) is 4.79. The van der Waals surface area contributed by atoms with E-state index in [0.717, 1.165) is 0 Å². The van der Waals surface area contributed by atoms with Crippen LogP contribution in [0.25, 0.3) is 0 Å². The van der Waals surface area contributed by atoms with E-state index in [1.165, 1.54) is 12.1 Å². The van der Waals surface area contributed by atoms with Gasteiger partial charge >= 0.3 is 5.97 Å². The third kappa shape index (κ3) is 3.21. The van der Waals surface area contributed by atoms with E-state index in [4.69, 9.17) is 9.47 Å². The smallest absolute Gasteiger partial charge is 0.310 e. The van der Waals surface area contributed by atoms with Crippen molar-refractivity contribution in [2.75, 3.05) is 18.5 Å². The van der Waals surface area contributed by atoms with Gasteiger partial charge in [0.2, 0.25) is 5.91 Å². The van der Waals surface area contributed by atoms with Crippen LogP contribution >= 0.6 is 0 Å². The van der Waals surface area contributed by atoms with Crippen molar-refractivity contribution in [1.29, 1.82) is 0 Å². The molecule has 1 spiro atoms. The lowest BCUT2D eigenvalue weighted by Gasteiger charge is -2.49. The summed E-state index contributed by atoms with van der Waals surface area (Å²) in [6, 6.07) is 4.25. The number of fused-ring (bicyclic) bond motifs is 2. The minimum absolute atomic E-state index is 0.0942. The lowest BCUT2D eigenvalue weighted by atomic mass is 9.58. The molecule has 3 rings (SSSR count). The van der Waals surface area contributed by atoms with Gasteiger partial charge in [0.25, 0.3) is 0 Å². The predicted octanol–water partition coefficient (Wildman–Crippen LogP) is 3.91. The van der Waals surface area contributed by atoms with Crippen LogP contribution < -0.4 is 5.32 Å². The average Bonchev–Trinajstić information content (AvgIpc) is 2.88. The van der Waals surface area contributed by atoms with E-state index in [-0.39, 0.29) is 30.3 Å². The highest BCUT2D eigenvalue weighted by molar-refractivity contribution is 6.09. The fourth-order valence-corrected chi connectivity index (χ4v) is 4.79. The summed E-state index contributed by atoms with van der Waals surface area (Å²) in [6.45, 7) is 10.5. The van der Waals surface area contributed by atoms with Crippen molar-refractivity contribution in [3.63, 3.8) is 0 Å². The maximum Gasteiger partial charge on any atom is 0.310 e. The highest BCUT2D eigenvalue weighted by Crippen LogP contribution is 2.54. The van der Waals surface area contributed by atoms with Crippen LogP contribution in [0.3, 0.4) is 0 Å². The number of hydrogen-bond donors (Lipinski definition) is 1. The number of anilines is 1. The SMILES string of the molecule is CCOC(=O)[C@H]1[C@H](C(C)C)CO[C@@H](CC(C)C)[C@@]12C(=O)Nc1ccc(F)cc12. The molecular formula is C22H30FNO4. The first kappa shape index (κ1) is 20.8. The van der Waals surface area contributed by atoms with Crippen molar-refractivity contribution >= 4 is 17.6 Å². The van der Waals surface area contributed by atoms with Gasteiger partial charge in [-0.15, -0.1) is 0 Å². The summed E-state index contributed by atoms with van der Waals surface area (Å²) in [5.41, 5.74) is -0.241. The van der Waals surface area contributed by atoms with Gasteiger partial charge in [0, 0.05) is 5.69 Å². The van der Waals surface area contributed by atoms with Crippen LogP contribution in [0.5, 0.6) is 0 Å². The maximum atomic E-state index is 14.3. The molecule has 2 aliphatic heterocycles. The van der Waals surface area contributed by atoms with Crippen LogP contribution in [0.1, 0.15) is 46.6 Å². The van der Waals surface area contributed by atoms with Gasteiger partial charge in [-0.3, -0.25) is 9.59 Å². The van der Waals surface area contributed by atoms with Crippen molar-refractivity contribution in [2.24, 2.45) is 23.7 Å². The first-order valence-electron chi connectivity index (χ1n) is 10.1. The topological polar surface area (TPSA) is 64.6 Å². The third-order valence-corrected chi connectivity index (χ3v) is 6.05. The van der Waals surface area contributed by atoms with E-state index < -0.39 is 29.2 Å². The molecule has 5 nitrogen and oxygen atoms in total. The minimum Gasteiger partial charge on any atom is -0.466 e. The quantitative estimate of drug-likeness (QED) is 0.773. The minimum atomic E-state index is -1.29. The molecule has 154 valence electrons. The molecule has 1 fully saturated rings. The predicted molar refractivity (Wildman–Crippen MR) is 104 cm³/mol. The van der Waals surface area contributed by atoms with E-state index in [9.17, 15) is 14.0 Å². The Morgan fingerprint density at radius 2 is 2.07 bits per heavy atom. The molecule has 1 aromatic rings. The summed E-state index contributed by atoms with van der Waals surface area (Å²) in [4.78, 5) is 26.7. The Balaban J connectivity index is 2.26. The zero-order valence-corrected chi connectivity index (χ0v) is 17.3. The van der Waals surface area contributed by atoms with Crippen LogP contribution in [-0.4, -0.2) is 31.2 Å². The molecule has 2 heterocycles. The van der Waals surface area contributed by atoms with Crippen molar-refractivity contribution < 1.29 is 23.5 Å². The molecule has 28 heavy (non-hydrogen) atoms. The molecule has 0 aromatic heterocycles. The summed E-state index contributed by atoms with van der Waals surface area (Å²) in [6.07, 6.45) is 0.0596. The molecule has 0 bridgehead atoms. The summed E-state index contributed by atoms with van der Waals surface area (Å²) in [5, 5.41) is 2.88. The van der Waals surface area contributed by atoms with Gasteiger partial charge in [0.1, 0.15) is 11.2 Å².